The third-order valence-corrected chi connectivity index (χ3v) is 2.59. The number of allylic oxidation sites excluding steroid dienone is 5. The fourth-order valence-electron chi connectivity index (χ4n) is 1.71. The van der Waals surface area contributed by atoms with Gasteiger partial charge in [-0.2, -0.15) is 0 Å². The van der Waals surface area contributed by atoms with E-state index in [-0.39, 0.29) is 0 Å². The van der Waals surface area contributed by atoms with E-state index >= 15 is 0 Å². The predicted octanol–water partition coefficient (Wildman–Crippen LogP) is 1.50. The Balaban J connectivity index is 1.88. The molecule has 0 saturated carbocycles. The molecule has 0 fully saturated rings. The maximum absolute atomic E-state index is 9.82. The summed E-state index contributed by atoms with van der Waals surface area (Å²) in [6.45, 7) is 0. The van der Waals surface area contributed by atoms with Crippen LogP contribution >= 0.6 is 0 Å². The van der Waals surface area contributed by atoms with Crippen LogP contribution < -0.4 is 0 Å². The summed E-state index contributed by atoms with van der Waals surface area (Å²) in [7, 11) is 0. The standard InChI is InChI=1S/C13H14O2/c14-12(10-5-1-2-6-10)9-13(15)11-7-3-4-8-11/h1-8,12-15H,9H2. The summed E-state index contributed by atoms with van der Waals surface area (Å²) < 4.78 is 0. The first-order chi connectivity index (χ1) is 7.27. The van der Waals surface area contributed by atoms with Gasteiger partial charge in [-0.15, -0.1) is 0 Å². The monoisotopic (exact) mass is 202 g/mol. The molecule has 15 heavy (non-hydrogen) atoms. The van der Waals surface area contributed by atoms with Gasteiger partial charge in [0.05, 0.1) is 12.2 Å². The van der Waals surface area contributed by atoms with Gasteiger partial charge in [-0.3, -0.25) is 0 Å². The molecule has 2 rings (SSSR count). The predicted molar refractivity (Wildman–Crippen MR) is 59.7 cm³/mol. The number of aliphatic hydroxyl groups is 2. The van der Waals surface area contributed by atoms with Crippen molar-refractivity contribution in [3.63, 3.8) is 0 Å². The van der Waals surface area contributed by atoms with Crippen molar-refractivity contribution in [1.82, 2.24) is 0 Å². The second-order valence-electron chi connectivity index (χ2n) is 3.70. The van der Waals surface area contributed by atoms with Crippen LogP contribution in [-0.4, -0.2) is 22.4 Å². The Morgan fingerprint density at radius 1 is 0.933 bits per heavy atom. The SMILES string of the molecule is OC(CC(O)C1=C[CH]C=C1)C1=CC=C[CH]1. The van der Waals surface area contributed by atoms with Crippen molar-refractivity contribution in [3.8, 4) is 0 Å². The summed E-state index contributed by atoms with van der Waals surface area (Å²) in [5, 5.41) is 19.6. The molecule has 0 aromatic heterocycles. The van der Waals surface area contributed by atoms with Crippen LogP contribution in [0.25, 0.3) is 0 Å². The van der Waals surface area contributed by atoms with Gasteiger partial charge in [-0.25, -0.2) is 0 Å². The minimum atomic E-state index is -0.593. The van der Waals surface area contributed by atoms with Crippen molar-refractivity contribution in [2.24, 2.45) is 0 Å². The van der Waals surface area contributed by atoms with E-state index in [2.05, 4.69) is 0 Å². The number of hydrogen-bond acceptors (Lipinski definition) is 2. The molecule has 2 nitrogen and oxygen atoms in total. The molecule has 0 aromatic rings. The highest BCUT2D eigenvalue weighted by atomic mass is 16.3. The van der Waals surface area contributed by atoms with Gasteiger partial charge in [0.2, 0.25) is 0 Å². The Morgan fingerprint density at radius 2 is 1.73 bits per heavy atom. The normalized spacial score (nSPS) is 22.8. The second kappa shape index (κ2) is 4.60. The van der Waals surface area contributed by atoms with Crippen LogP contribution in [0.2, 0.25) is 0 Å². The van der Waals surface area contributed by atoms with Gasteiger partial charge in [0.25, 0.3) is 0 Å². The Kier molecular flexibility index (Phi) is 3.19. The van der Waals surface area contributed by atoms with Crippen molar-refractivity contribution >= 4 is 0 Å². The molecule has 0 amide bonds. The molecule has 78 valence electrons. The highest BCUT2D eigenvalue weighted by Crippen LogP contribution is 2.21. The number of hydrogen-bond donors (Lipinski definition) is 2. The maximum Gasteiger partial charge on any atom is 0.0815 e. The van der Waals surface area contributed by atoms with E-state index in [0.29, 0.717) is 6.42 Å². The van der Waals surface area contributed by atoms with Crippen molar-refractivity contribution in [1.29, 1.82) is 0 Å². The van der Waals surface area contributed by atoms with Gasteiger partial charge < -0.3 is 10.2 Å². The minimum absolute atomic E-state index is 0.341. The van der Waals surface area contributed by atoms with E-state index in [1.807, 2.05) is 49.3 Å². The lowest BCUT2D eigenvalue weighted by Gasteiger charge is -2.16. The van der Waals surface area contributed by atoms with Gasteiger partial charge in [0.15, 0.2) is 0 Å². The second-order valence-corrected chi connectivity index (χ2v) is 3.70. The Hall–Kier alpha value is -1.12. The molecular weight excluding hydrogens is 188 g/mol. The van der Waals surface area contributed by atoms with Gasteiger partial charge in [0.1, 0.15) is 0 Å². The van der Waals surface area contributed by atoms with Crippen LogP contribution in [0.4, 0.5) is 0 Å². The topological polar surface area (TPSA) is 40.5 Å². The molecule has 0 aliphatic heterocycles. The van der Waals surface area contributed by atoms with E-state index in [4.69, 9.17) is 0 Å². The van der Waals surface area contributed by atoms with Crippen molar-refractivity contribution in [2.75, 3.05) is 0 Å². The van der Waals surface area contributed by atoms with E-state index in [9.17, 15) is 10.2 Å². The molecule has 0 aromatic carbocycles. The van der Waals surface area contributed by atoms with E-state index < -0.39 is 12.2 Å². The van der Waals surface area contributed by atoms with Crippen LogP contribution in [0.3, 0.4) is 0 Å². The number of aliphatic hydroxyl groups excluding tert-OH is 2. The van der Waals surface area contributed by atoms with Crippen LogP contribution in [0.1, 0.15) is 6.42 Å². The van der Waals surface area contributed by atoms with E-state index in [0.717, 1.165) is 11.1 Å². The highest BCUT2D eigenvalue weighted by molar-refractivity contribution is 5.39. The molecule has 2 aliphatic carbocycles. The zero-order chi connectivity index (χ0) is 10.7. The molecular formula is C13H14O2. The molecule has 0 heterocycles. The Bertz CT molecular complexity index is 348. The highest BCUT2D eigenvalue weighted by Gasteiger charge is 2.19. The molecule has 2 unspecified atom stereocenters. The Morgan fingerprint density at radius 3 is 2.33 bits per heavy atom. The fraction of sp³-hybridized carbons (Fsp3) is 0.231. The maximum atomic E-state index is 9.82. The molecule has 2 aliphatic rings. The minimum Gasteiger partial charge on any atom is -0.389 e. The van der Waals surface area contributed by atoms with Gasteiger partial charge in [-0.05, 0) is 11.1 Å². The molecule has 2 atom stereocenters. The third kappa shape index (κ3) is 2.46. The lowest BCUT2D eigenvalue weighted by atomic mass is 9.99. The zero-order valence-corrected chi connectivity index (χ0v) is 8.38. The summed E-state index contributed by atoms with van der Waals surface area (Å²) in [5.74, 6) is 0. The quantitative estimate of drug-likeness (QED) is 0.725. The first-order valence-electron chi connectivity index (χ1n) is 5.06. The van der Waals surface area contributed by atoms with Gasteiger partial charge in [-0.1, -0.05) is 36.5 Å². The zero-order valence-electron chi connectivity index (χ0n) is 8.38. The van der Waals surface area contributed by atoms with Crippen molar-refractivity contribution in [2.45, 2.75) is 18.6 Å². The lowest BCUT2D eigenvalue weighted by molar-refractivity contribution is 0.123. The summed E-state index contributed by atoms with van der Waals surface area (Å²) in [5.41, 5.74) is 1.72. The van der Waals surface area contributed by atoms with Gasteiger partial charge in [0, 0.05) is 19.3 Å². The molecule has 0 saturated heterocycles. The average Bonchev–Trinajstić information content (AvgIpc) is 2.91. The summed E-state index contributed by atoms with van der Waals surface area (Å²) in [4.78, 5) is 0. The molecule has 2 radical (unpaired) electrons. The summed E-state index contributed by atoms with van der Waals surface area (Å²) in [6.07, 6.45) is 14.1. The van der Waals surface area contributed by atoms with Crippen molar-refractivity contribution < 1.29 is 10.2 Å². The smallest absolute Gasteiger partial charge is 0.0815 e. The number of rotatable bonds is 4. The van der Waals surface area contributed by atoms with Crippen LogP contribution in [0.5, 0.6) is 0 Å². The lowest BCUT2D eigenvalue weighted by Crippen LogP contribution is -2.20. The molecule has 2 N–H and O–H groups in total. The first-order valence-corrected chi connectivity index (χ1v) is 5.06. The first kappa shape index (κ1) is 10.4. The summed E-state index contributed by atoms with van der Waals surface area (Å²) in [6, 6.07) is 0. The largest absolute Gasteiger partial charge is 0.389 e. The molecule has 0 spiro atoms. The van der Waals surface area contributed by atoms with Gasteiger partial charge >= 0.3 is 0 Å². The third-order valence-electron chi connectivity index (χ3n) is 2.59. The average molecular weight is 202 g/mol. The van der Waals surface area contributed by atoms with Crippen LogP contribution in [0, 0.1) is 12.8 Å². The summed E-state index contributed by atoms with van der Waals surface area (Å²) >= 11 is 0. The Labute approximate surface area is 89.9 Å². The van der Waals surface area contributed by atoms with E-state index in [1.54, 1.807) is 0 Å². The van der Waals surface area contributed by atoms with Crippen LogP contribution in [0.15, 0.2) is 47.6 Å². The van der Waals surface area contributed by atoms with E-state index in [1.165, 1.54) is 0 Å². The molecule has 2 heteroatoms. The van der Waals surface area contributed by atoms with Crippen molar-refractivity contribution in [3.05, 3.63) is 60.4 Å². The van der Waals surface area contributed by atoms with Crippen LogP contribution in [-0.2, 0) is 0 Å². The molecule has 0 bridgehead atoms. The fourth-order valence-corrected chi connectivity index (χ4v) is 1.71.